The summed E-state index contributed by atoms with van der Waals surface area (Å²) in [4.78, 5) is 73.0. The van der Waals surface area contributed by atoms with E-state index in [0.29, 0.717) is 38.5 Å². The maximum atomic E-state index is 13.1. The standard InChI is InChI=1S/C85H138O17P2/c1-5-9-13-17-21-25-29-33-36-39-42-46-49-53-57-61-65-69-82(87)95-75-80(101-84(89)71-67-63-59-55-51-45-32-28-24-20-16-12-8-4)77-99-103(91,92)97-73-79(86)74-98-104(93,94)100-78-81(102-85(90)72-68-64-60-56-52-48-44-41-38-35-31-27-23-19-15-11-7-3)76-96-83(88)70-66-62-58-54-50-47-43-40-37-34-30-26-22-18-14-10-6-2/h9-11,13-15,21-23,25-28,32-38,42-43,46-47,53-54,57-58,79-81,86H,5-8,12,16-20,24,29-31,39-41,44-45,48-52,55-56,59-78H2,1-4H3,(H,91,92)(H,93,94)/b13-9-,14-10-,15-11-,25-21-,26-22-,27-23-,32-28-,36-33-,37-34-,38-35-,46-42-,47-43-,57-53-,58-54-. The summed E-state index contributed by atoms with van der Waals surface area (Å²) < 4.78 is 68.5. The lowest BCUT2D eigenvalue weighted by Gasteiger charge is -2.21. The Morgan fingerprint density at radius 3 is 0.808 bits per heavy atom. The van der Waals surface area contributed by atoms with E-state index in [2.05, 4.69) is 174 Å². The van der Waals surface area contributed by atoms with Crippen LogP contribution in [0.3, 0.4) is 0 Å². The Balaban J connectivity index is 5.48. The summed E-state index contributed by atoms with van der Waals surface area (Å²) >= 11 is 0. The first-order valence-electron chi connectivity index (χ1n) is 39.4. The molecular formula is C85H138O17P2. The smallest absolute Gasteiger partial charge is 0.462 e. The molecule has 0 aliphatic heterocycles. The predicted molar refractivity (Wildman–Crippen MR) is 426 cm³/mol. The maximum Gasteiger partial charge on any atom is 0.472 e. The van der Waals surface area contributed by atoms with Gasteiger partial charge in [0.25, 0.3) is 0 Å². The number of carbonyl (C=O) groups excluding carboxylic acids is 4. The average Bonchev–Trinajstić information content (AvgIpc) is 0.910. The second-order valence-electron chi connectivity index (χ2n) is 25.5. The zero-order valence-electron chi connectivity index (χ0n) is 64.4. The van der Waals surface area contributed by atoms with Crippen molar-refractivity contribution in [2.24, 2.45) is 0 Å². The van der Waals surface area contributed by atoms with Crippen LogP contribution in [0.25, 0.3) is 0 Å². The molecule has 0 aromatic heterocycles. The SMILES string of the molecule is CC/C=C\C/C=C\C/C=C\C/C=C\C/C=C\CCCC(=O)OCC(COP(=O)(O)OCC(O)COP(=O)(O)OCC(COC(=O)CCC/C=C\C/C=C\C/C=C\C/C=C\C/C=C\CC)OC(=O)CCCCCCCCC/C=C\C/C=C\C/C=C\CC)OC(=O)CCCCCCC/C=C\CCCCCC. The minimum absolute atomic E-state index is 0.0640. The van der Waals surface area contributed by atoms with Gasteiger partial charge in [0, 0.05) is 25.7 Å². The van der Waals surface area contributed by atoms with Gasteiger partial charge < -0.3 is 33.8 Å². The van der Waals surface area contributed by atoms with Gasteiger partial charge in [0.2, 0.25) is 0 Å². The number of rotatable bonds is 72. The number of allylic oxidation sites excluding steroid dienone is 28. The molecule has 3 N–H and O–H groups in total. The fourth-order valence-electron chi connectivity index (χ4n) is 9.77. The van der Waals surface area contributed by atoms with Crippen LogP contribution in [0, 0.1) is 0 Å². The largest absolute Gasteiger partial charge is 0.472 e. The molecule has 0 spiro atoms. The third-order valence-corrected chi connectivity index (χ3v) is 17.6. The Bertz CT molecular complexity index is 2640. The number of ether oxygens (including phenoxy) is 4. The molecule has 0 amide bonds. The van der Waals surface area contributed by atoms with Gasteiger partial charge in [-0.2, -0.15) is 0 Å². The quantitative estimate of drug-likeness (QED) is 0.0169. The van der Waals surface area contributed by atoms with Crippen molar-refractivity contribution in [2.75, 3.05) is 39.6 Å². The van der Waals surface area contributed by atoms with Gasteiger partial charge in [0.05, 0.1) is 26.4 Å². The van der Waals surface area contributed by atoms with Crippen molar-refractivity contribution < 1.29 is 80.2 Å². The van der Waals surface area contributed by atoms with E-state index in [4.69, 9.17) is 37.0 Å². The molecule has 0 heterocycles. The fraction of sp³-hybridized carbons (Fsp3) is 0.624. The van der Waals surface area contributed by atoms with E-state index in [-0.39, 0.29) is 25.7 Å². The second-order valence-corrected chi connectivity index (χ2v) is 28.4. The fourth-order valence-corrected chi connectivity index (χ4v) is 11.3. The molecule has 0 aliphatic carbocycles. The summed E-state index contributed by atoms with van der Waals surface area (Å²) in [6.07, 6.45) is 89.2. The van der Waals surface area contributed by atoms with Gasteiger partial charge in [-0.25, -0.2) is 9.13 Å². The van der Waals surface area contributed by atoms with Crippen molar-refractivity contribution in [3.05, 3.63) is 170 Å². The molecule has 0 rings (SSSR count). The van der Waals surface area contributed by atoms with Gasteiger partial charge in [-0.05, 0) is 161 Å². The van der Waals surface area contributed by atoms with Gasteiger partial charge >= 0.3 is 39.5 Å². The first-order chi connectivity index (χ1) is 50.7. The highest BCUT2D eigenvalue weighted by Gasteiger charge is 2.30. The van der Waals surface area contributed by atoms with E-state index in [1.807, 2.05) is 24.3 Å². The van der Waals surface area contributed by atoms with Crippen molar-refractivity contribution >= 4 is 39.5 Å². The van der Waals surface area contributed by atoms with Crippen LogP contribution in [0.15, 0.2) is 170 Å². The van der Waals surface area contributed by atoms with E-state index < -0.39 is 97.5 Å². The van der Waals surface area contributed by atoms with Gasteiger partial charge in [-0.1, -0.05) is 268 Å². The summed E-state index contributed by atoms with van der Waals surface area (Å²) in [5, 5.41) is 10.6. The lowest BCUT2D eigenvalue weighted by molar-refractivity contribution is -0.161. The highest BCUT2D eigenvalue weighted by molar-refractivity contribution is 7.47. The Morgan fingerprint density at radius 1 is 0.279 bits per heavy atom. The molecule has 17 nitrogen and oxygen atoms in total. The summed E-state index contributed by atoms with van der Waals surface area (Å²) in [5.41, 5.74) is 0. The monoisotopic (exact) mass is 1490 g/mol. The van der Waals surface area contributed by atoms with E-state index in [0.717, 1.165) is 167 Å². The van der Waals surface area contributed by atoms with Crippen molar-refractivity contribution in [3.8, 4) is 0 Å². The van der Waals surface area contributed by atoms with Crippen molar-refractivity contribution in [3.63, 3.8) is 0 Å². The van der Waals surface area contributed by atoms with Gasteiger partial charge in [-0.3, -0.25) is 37.3 Å². The van der Waals surface area contributed by atoms with E-state index in [9.17, 15) is 43.2 Å². The molecule has 590 valence electrons. The number of phosphoric acid groups is 2. The lowest BCUT2D eigenvalue weighted by atomic mass is 10.1. The number of hydrogen-bond acceptors (Lipinski definition) is 15. The molecule has 0 radical (unpaired) electrons. The molecule has 19 heteroatoms. The number of phosphoric ester groups is 2. The van der Waals surface area contributed by atoms with Gasteiger partial charge in [0.15, 0.2) is 12.2 Å². The molecule has 0 aliphatic rings. The van der Waals surface area contributed by atoms with Crippen molar-refractivity contribution in [1.29, 1.82) is 0 Å². The maximum absolute atomic E-state index is 13.1. The predicted octanol–water partition coefficient (Wildman–Crippen LogP) is 23.0. The van der Waals surface area contributed by atoms with Crippen LogP contribution in [-0.2, 0) is 65.4 Å². The third-order valence-electron chi connectivity index (χ3n) is 15.7. The normalized spacial score (nSPS) is 14.8. The minimum Gasteiger partial charge on any atom is -0.462 e. The molecule has 0 fully saturated rings. The first-order valence-corrected chi connectivity index (χ1v) is 42.4. The Hall–Kier alpha value is -5.58. The summed E-state index contributed by atoms with van der Waals surface area (Å²) in [5.74, 6) is -2.34. The summed E-state index contributed by atoms with van der Waals surface area (Å²) in [6, 6.07) is 0. The average molecular weight is 1490 g/mol. The number of esters is 4. The zero-order chi connectivity index (χ0) is 76.0. The number of unbranched alkanes of at least 4 members (excludes halogenated alkanes) is 18. The van der Waals surface area contributed by atoms with Crippen molar-refractivity contribution in [2.45, 2.75) is 303 Å². The molecule has 0 saturated carbocycles. The molecular weight excluding hydrogens is 1350 g/mol. The van der Waals surface area contributed by atoms with E-state index in [1.54, 1.807) is 0 Å². The lowest BCUT2D eigenvalue weighted by Crippen LogP contribution is -2.30. The molecule has 104 heavy (non-hydrogen) atoms. The van der Waals surface area contributed by atoms with Crippen LogP contribution in [-0.4, -0.2) is 96.7 Å². The minimum atomic E-state index is -5.00. The van der Waals surface area contributed by atoms with Crippen LogP contribution >= 0.6 is 15.6 Å². The van der Waals surface area contributed by atoms with Crippen LogP contribution < -0.4 is 0 Å². The van der Waals surface area contributed by atoms with Crippen LogP contribution in [0.4, 0.5) is 0 Å². The van der Waals surface area contributed by atoms with E-state index in [1.165, 1.54) is 25.7 Å². The van der Waals surface area contributed by atoms with Gasteiger partial charge in [0.1, 0.15) is 19.3 Å². The molecule has 0 bridgehead atoms. The number of carbonyl (C=O) groups is 4. The Morgan fingerprint density at radius 2 is 0.510 bits per heavy atom. The van der Waals surface area contributed by atoms with Crippen LogP contribution in [0.5, 0.6) is 0 Å². The summed E-state index contributed by atoms with van der Waals surface area (Å²) in [7, 11) is -10.0. The Kier molecular flexibility index (Phi) is 71.6. The number of aliphatic hydroxyl groups is 1. The van der Waals surface area contributed by atoms with E-state index >= 15 is 0 Å². The molecule has 0 aromatic rings. The second kappa shape index (κ2) is 75.6. The molecule has 0 saturated heterocycles. The van der Waals surface area contributed by atoms with Crippen LogP contribution in [0.1, 0.15) is 285 Å². The summed E-state index contributed by atoms with van der Waals surface area (Å²) in [6.45, 7) is 4.35. The van der Waals surface area contributed by atoms with Gasteiger partial charge in [-0.15, -0.1) is 0 Å². The molecule has 0 aromatic carbocycles. The topological polar surface area (TPSA) is 237 Å². The molecule has 5 unspecified atom stereocenters. The van der Waals surface area contributed by atoms with Crippen molar-refractivity contribution in [1.82, 2.24) is 0 Å². The number of aliphatic hydroxyl groups excluding tert-OH is 1. The van der Waals surface area contributed by atoms with Crippen LogP contribution in [0.2, 0.25) is 0 Å². The highest BCUT2D eigenvalue weighted by atomic mass is 31.2. The first kappa shape index (κ1) is 98.4. The Labute approximate surface area is 629 Å². The highest BCUT2D eigenvalue weighted by Crippen LogP contribution is 2.45. The number of hydrogen-bond donors (Lipinski definition) is 3. The molecule has 5 atom stereocenters. The third kappa shape index (κ3) is 74.7. The zero-order valence-corrected chi connectivity index (χ0v) is 66.2.